The van der Waals surface area contributed by atoms with E-state index in [1.807, 2.05) is 12.3 Å². The molecule has 0 fully saturated rings. The van der Waals surface area contributed by atoms with Crippen LogP contribution in [0.25, 0.3) is 20.8 Å². The first kappa shape index (κ1) is 13.4. The zero-order valence-electron chi connectivity index (χ0n) is 12.0. The first-order valence-corrected chi connectivity index (χ1v) is 8.73. The zero-order valence-corrected chi connectivity index (χ0v) is 13.6. The highest BCUT2D eigenvalue weighted by atomic mass is 32.1. The number of hydrogen-bond donors (Lipinski definition) is 1. The van der Waals surface area contributed by atoms with Crippen LogP contribution in [-0.2, 0) is 6.42 Å². The Bertz CT molecular complexity index is 819. The fourth-order valence-corrected chi connectivity index (χ4v) is 4.81. The third-order valence-electron chi connectivity index (χ3n) is 3.97. The van der Waals surface area contributed by atoms with Crippen LogP contribution < -0.4 is 0 Å². The molecule has 3 aromatic heterocycles. The molecule has 1 aliphatic rings. The third-order valence-corrected chi connectivity index (χ3v) is 6.07. The molecule has 1 aliphatic carbocycles. The maximum Gasteiger partial charge on any atom is 0.125 e. The molecule has 0 spiro atoms. The molecule has 21 heavy (non-hydrogen) atoms. The quantitative estimate of drug-likeness (QED) is 0.722. The van der Waals surface area contributed by atoms with Crippen LogP contribution in [0.5, 0.6) is 0 Å². The van der Waals surface area contributed by atoms with Crippen LogP contribution in [-0.4, -0.2) is 15.1 Å². The summed E-state index contributed by atoms with van der Waals surface area (Å²) in [7, 11) is 0. The molecule has 3 aromatic rings. The van der Waals surface area contributed by atoms with Gasteiger partial charge in [0.05, 0.1) is 26.9 Å². The lowest BCUT2D eigenvalue weighted by molar-refractivity contribution is 0.102. The number of thiazole rings is 1. The summed E-state index contributed by atoms with van der Waals surface area (Å²) in [5.74, 6) is 0. The van der Waals surface area contributed by atoms with E-state index in [2.05, 4.69) is 30.3 Å². The summed E-state index contributed by atoms with van der Waals surface area (Å²) in [6.45, 7) is 4.38. The SMILES string of the molecule is CC1(C)Cc2nc(-c3cnc4ccsc4c3)sc2C(O)C1. The molecule has 1 atom stereocenters. The van der Waals surface area contributed by atoms with Crippen LogP contribution in [0.3, 0.4) is 0 Å². The van der Waals surface area contributed by atoms with E-state index in [1.54, 1.807) is 22.7 Å². The first-order valence-electron chi connectivity index (χ1n) is 7.03. The van der Waals surface area contributed by atoms with Crippen molar-refractivity contribution in [1.82, 2.24) is 9.97 Å². The molecular weight excluding hydrogens is 300 g/mol. The normalized spacial score (nSPS) is 20.6. The molecule has 4 rings (SSSR count). The van der Waals surface area contributed by atoms with E-state index in [0.717, 1.165) is 39.5 Å². The fourth-order valence-electron chi connectivity index (χ4n) is 2.98. The van der Waals surface area contributed by atoms with Crippen molar-refractivity contribution in [2.24, 2.45) is 5.41 Å². The van der Waals surface area contributed by atoms with Gasteiger partial charge >= 0.3 is 0 Å². The van der Waals surface area contributed by atoms with Crippen LogP contribution in [0.15, 0.2) is 23.7 Å². The Morgan fingerprint density at radius 2 is 2.24 bits per heavy atom. The average Bonchev–Trinajstić information content (AvgIpc) is 3.01. The van der Waals surface area contributed by atoms with Gasteiger partial charge in [-0.25, -0.2) is 4.98 Å². The molecule has 0 amide bonds. The maximum atomic E-state index is 10.4. The number of aliphatic hydroxyl groups is 1. The largest absolute Gasteiger partial charge is 0.387 e. The van der Waals surface area contributed by atoms with Crippen LogP contribution in [0.4, 0.5) is 0 Å². The van der Waals surface area contributed by atoms with Crippen molar-refractivity contribution in [3.63, 3.8) is 0 Å². The summed E-state index contributed by atoms with van der Waals surface area (Å²) >= 11 is 3.31. The number of hydrogen-bond acceptors (Lipinski definition) is 5. The lowest BCUT2D eigenvalue weighted by Crippen LogP contribution is -2.24. The topological polar surface area (TPSA) is 46.0 Å². The molecule has 1 N–H and O–H groups in total. The number of fused-ring (bicyclic) bond motifs is 2. The minimum atomic E-state index is -0.381. The molecular formula is C16H16N2OS2. The van der Waals surface area contributed by atoms with Gasteiger partial charge in [-0.3, -0.25) is 4.98 Å². The number of aromatic nitrogens is 2. The van der Waals surface area contributed by atoms with Crippen molar-refractivity contribution in [2.45, 2.75) is 32.8 Å². The number of aliphatic hydroxyl groups excluding tert-OH is 1. The summed E-state index contributed by atoms with van der Waals surface area (Å²) in [6, 6.07) is 4.18. The van der Waals surface area contributed by atoms with Crippen LogP contribution in [0.2, 0.25) is 0 Å². The standard InChI is InChI=1S/C16H16N2OS2/c1-16(2)6-11-14(12(19)7-16)21-15(18-11)9-5-13-10(17-8-9)3-4-20-13/h3-5,8,12,19H,6-7H2,1-2H3. The highest BCUT2D eigenvalue weighted by Crippen LogP contribution is 2.44. The Balaban J connectivity index is 1.80. The molecule has 0 saturated heterocycles. The lowest BCUT2D eigenvalue weighted by Gasteiger charge is -2.31. The van der Waals surface area contributed by atoms with Gasteiger partial charge in [-0.05, 0) is 35.8 Å². The van der Waals surface area contributed by atoms with Gasteiger partial charge in [0.2, 0.25) is 0 Å². The Hall–Kier alpha value is -1.30. The Labute approximate surface area is 131 Å². The van der Waals surface area contributed by atoms with Crippen molar-refractivity contribution in [3.8, 4) is 10.6 Å². The van der Waals surface area contributed by atoms with Gasteiger partial charge in [0.15, 0.2) is 0 Å². The van der Waals surface area contributed by atoms with Crippen LogP contribution in [0, 0.1) is 5.41 Å². The molecule has 0 saturated carbocycles. The van der Waals surface area contributed by atoms with Gasteiger partial charge in [-0.15, -0.1) is 22.7 Å². The van der Waals surface area contributed by atoms with Crippen LogP contribution in [0.1, 0.15) is 36.9 Å². The van der Waals surface area contributed by atoms with Crippen molar-refractivity contribution in [2.75, 3.05) is 0 Å². The predicted molar refractivity (Wildman–Crippen MR) is 87.8 cm³/mol. The maximum absolute atomic E-state index is 10.4. The van der Waals surface area contributed by atoms with E-state index in [1.165, 1.54) is 4.70 Å². The van der Waals surface area contributed by atoms with E-state index in [4.69, 9.17) is 4.98 Å². The predicted octanol–water partition coefficient (Wildman–Crippen LogP) is 4.43. The molecule has 3 heterocycles. The molecule has 1 unspecified atom stereocenters. The Morgan fingerprint density at radius 1 is 1.38 bits per heavy atom. The van der Waals surface area contributed by atoms with E-state index < -0.39 is 0 Å². The number of nitrogens with zero attached hydrogens (tertiary/aromatic N) is 2. The second kappa shape index (κ2) is 4.60. The molecule has 0 aromatic carbocycles. The van der Waals surface area contributed by atoms with E-state index in [-0.39, 0.29) is 11.5 Å². The second-order valence-electron chi connectivity index (χ2n) is 6.42. The lowest BCUT2D eigenvalue weighted by atomic mass is 9.77. The van der Waals surface area contributed by atoms with Gasteiger partial charge in [0.25, 0.3) is 0 Å². The zero-order chi connectivity index (χ0) is 14.6. The summed E-state index contributed by atoms with van der Waals surface area (Å²) in [5, 5.41) is 13.4. The number of thiophene rings is 1. The summed E-state index contributed by atoms with van der Waals surface area (Å²) in [5.41, 5.74) is 3.26. The van der Waals surface area contributed by atoms with Crippen LogP contribution >= 0.6 is 22.7 Å². The average molecular weight is 316 g/mol. The Kier molecular flexibility index (Phi) is 2.93. The molecule has 108 valence electrons. The molecule has 5 heteroatoms. The highest BCUT2D eigenvalue weighted by Gasteiger charge is 2.34. The number of pyridine rings is 1. The van der Waals surface area contributed by atoms with Crippen molar-refractivity contribution in [1.29, 1.82) is 0 Å². The van der Waals surface area contributed by atoms with Gasteiger partial charge in [-0.1, -0.05) is 13.8 Å². The van der Waals surface area contributed by atoms with Gasteiger partial charge in [0, 0.05) is 11.8 Å². The second-order valence-corrected chi connectivity index (χ2v) is 8.40. The van der Waals surface area contributed by atoms with Gasteiger partial charge in [-0.2, -0.15) is 0 Å². The monoisotopic (exact) mass is 316 g/mol. The molecule has 0 aliphatic heterocycles. The molecule has 3 nitrogen and oxygen atoms in total. The molecule has 0 radical (unpaired) electrons. The summed E-state index contributed by atoms with van der Waals surface area (Å²) in [4.78, 5) is 10.3. The van der Waals surface area contributed by atoms with Crippen molar-refractivity contribution in [3.05, 3.63) is 34.3 Å². The minimum absolute atomic E-state index is 0.119. The minimum Gasteiger partial charge on any atom is -0.387 e. The summed E-state index contributed by atoms with van der Waals surface area (Å²) < 4.78 is 1.18. The molecule has 0 bridgehead atoms. The summed E-state index contributed by atoms with van der Waals surface area (Å²) in [6.07, 6.45) is 3.25. The first-order chi connectivity index (χ1) is 10.0. The fraction of sp³-hybridized carbons (Fsp3) is 0.375. The third kappa shape index (κ3) is 2.29. The van der Waals surface area contributed by atoms with E-state index in [0.29, 0.717) is 0 Å². The van der Waals surface area contributed by atoms with E-state index in [9.17, 15) is 5.11 Å². The van der Waals surface area contributed by atoms with Gasteiger partial charge in [0.1, 0.15) is 5.01 Å². The van der Waals surface area contributed by atoms with E-state index >= 15 is 0 Å². The smallest absolute Gasteiger partial charge is 0.125 e. The Morgan fingerprint density at radius 3 is 3.10 bits per heavy atom. The van der Waals surface area contributed by atoms with Crippen molar-refractivity contribution >= 4 is 32.9 Å². The number of rotatable bonds is 1. The highest BCUT2D eigenvalue weighted by molar-refractivity contribution is 7.17. The van der Waals surface area contributed by atoms with Gasteiger partial charge < -0.3 is 5.11 Å². The van der Waals surface area contributed by atoms with Crippen molar-refractivity contribution < 1.29 is 5.11 Å².